The first-order valence-corrected chi connectivity index (χ1v) is 8.60. The molecule has 2 fully saturated rings. The van der Waals surface area contributed by atoms with Gasteiger partial charge in [-0.3, -0.25) is 4.79 Å². The molecule has 0 saturated carbocycles. The maximum Gasteiger partial charge on any atom is 0.224 e. The number of nitrogens with one attached hydrogen (secondary N) is 1. The van der Waals surface area contributed by atoms with E-state index in [-0.39, 0.29) is 11.8 Å². The van der Waals surface area contributed by atoms with E-state index in [9.17, 15) is 4.79 Å². The van der Waals surface area contributed by atoms with Crippen LogP contribution >= 0.6 is 0 Å². The second-order valence-electron chi connectivity index (χ2n) is 6.59. The molecule has 1 N–H and O–H groups in total. The lowest BCUT2D eigenvalue weighted by molar-refractivity contribution is -0.126. The maximum atomic E-state index is 12.3. The number of anilines is 1. The molecular weight excluding hydrogens is 290 g/mol. The molecule has 0 spiro atoms. The number of carbonyl (C=O) groups excluding carboxylic acids is 1. The average Bonchev–Trinajstić information content (AvgIpc) is 2.61. The van der Waals surface area contributed by atoms with Crippen molar-refractivity contribution in [3.63, 3.8) is 0 Å². The first-order chi connectivity index (χ1) is 11.2. The molecule has 1 amide bonds. The summed E-state index contributed by atoms with van der Waals surface area (Å²) in [6, 6.07) is 8.50. The lowest BCUT2D eigenvalue weighted by Crippen LogP contribution is -2.41. The molecule has 1 aromatic carbocycles. The zero-order valence-corrected chi connectivity index (χ0v) is 14.0. The summed E-state index contributed by atoms with van der Waals surface area (Å²) in [5, 5.41) is 3.09. The van der Waals surface area contributed by atoms with Crippen LogP contribution in [0.2, 0.25) is 0 Å². The van der Waals surface area contributed by atoms with Gasteiger partial charge in [0.15, 0.2) is 0 Å². The van der Waals surface area contributed by atoms with E-state index in [0.717, 1.165) is 57.8 Å². The zero-order chi connectivity index (χ0) is 16.1. The Labute approximate surface area is 138 Å². The molecule has 23 heavy (non-hydrogen) atoms. The molecule has 2 heterocycles. The molecule has 1 atom stereocenters. The Balaban J connectivity index is 1.49. The quantitative estimate of drug-likeness (QED) is 0.914. The lowest BCUT2D eigenvalue weighted by Gasteiger charge is -2.29. The van der Waals surface area contributed by atoms with Crippen LogP contribution in [0, 0.1) is 5.92 Å². The van der Waals surface area contributed by atoms with E-state index >= 15 is 0 Å². The Morgan fingerprint density at radius 3 is 2.65 bits per heavy atom. The summed E-state index contributed by atoms with van der Waals surface area (Å²) in [7, 11) is 2.09. The molecule has 0 aliphatic carbocycles. The highest BCUT2D eigenvalue weighted by Crippen LogP contribution is 2.18. The normalized spacial score (nSPS) is 22.8. The molecule has 126 valence electrons. The van der Waals surface area contributed by atoms with Crippen LogP contribution in [-0.2, 0) is 16.1 Å². The summed E-state index contributed by atoms with van der Waals surface area (Å²) in [6.45, 7) is 6.09. The Morgan fingerprint density at radius 2 is 1.96 bits per heavy atom. The van der Waals surface area contributed by atoms with Crippen LogP contribution in [-0.4, -0.2) is 57.2 Å². The number of hydrogen-bond donors (Lipinski definition) is 1. The van der Waals surface area contributed by atoms with Crippen molar-refractivity contribution in [2.75, 3.05) is 51.3 Å². The van der Waals surface area contributed by atoms with Crippen molar-refractivity contribution in [2.45, 2.75) is 19.4 Å². The summed E-state index contributed by atoms with van der Waals surface area (Å²) in [6.07, 6.45) is 2.12. The van der Waals surface area contributed by atoms with Gasteiger partial charge in [-0.2, -0.15) is 0 Å². The number of ether oxygens (including phenoxy) is 1. The first-order valence-electron chi connectivity index (χ1n) is 8.60. The monoisotopic (exact) mass is 317 g/mol. The van der Waals surface area contributed by atoms with Gasteiger partial charge in [0.2, 0.25) is 5.91 Å². The summed E-state index contributed by atoms with van der Waals surface area (Å²) < 4.78 is 5.38. The van der Waals surface area contributed by atoms with Gasteiger partial charge < -0.3 is 19.9 Å². The fourth-order valence-electron chi connectivity index (χ4n) is 3.36. The number of likely N-dealkylation sites (tertiary alicyclic amines) is 1. The molecule has 5 nitrogen and oxygen atoms in total. The minimum absolute atomic E-state index is 0.140. The summed E-state index contributed by atoms with van der Waals surface area (Å²) in [5.74, 6) is 0.329. The summed E-state index contributed by atoms with van der Waals surface area (Å²) >= 11 is 0. The Morgan fingerprint density at radius 1 is 1.22 bits per heavy atom. The average molecular weight is 317 g/mol. The lowest BCUT2D eigenvalue weighted by atomic mass is 9.97. The summed E-state index contributed by atoms with van der Waals surface area (Å²) in [4.78, 5) is 16.8. The third kappa shape index (κ3) is 4.45. The van der Waals surface area contributed by atoms with E-state index in [1.165, 1.54) is 5.69 Å². The molecule has 3 rings (SSSR count). The number of nitrogens with zero attached hydrogens (tertiary/aromatic N) is 2. The van der Waals surface area contributed by atoms with E-state index in [2.05, 4.69) is 46.4 Å². The topological polar surface area (TPSA) is 44.8 Å². The number of rotatable bonds is 4. The van der Waals surface area contributed by atoms with Crippen molar-refractivity contribution in [2.24, 2.45) is 5.92 Å². The first kappa shape index (κ1) is 16.3. The van der Waals surface area contributed by atoms with Gasteiger partial charge in [-0.05, 0) is 44.1 Å². The minimum atomic E-state index is 0.140. The molecule has 0 aromatic heterocycles. The largest absolute Gasteiger partial charge is 0.378 e. The van der Waals surface area contributed by atoms with Gasteiger partial charge in [0.25, 0.3) is 0 Å². The van der Waals surface area contributed by atoms with Gasteiger partial charge in [0.05, 0.1) is 19.1 Å². The summed E-state index contributed by atoms with van der Waals surface area (Å²) in [5.41, 5.74) is 2.39. The molecule has 2 aliphatic rings. The molecular formula is C18H27N3O2. The number of hydrogen-bond acceptors (Lipinski definition) is 4. The van der Waals surface area contributed by atoms with Crippen LogP contribution in [0.4, 0.5) is 5.69 Å². The Hall–Kier alpha value is -1.59. The van der Waals surface area contributed by atoms with Gasteiger partial charge >= 0.3 is 0 Å². The van der Waals surface area contributed by atoms with Gasteiger partial charge in [-0.1, -0.05) is 12.1 Å². The highest BCUT2D eigenvalue weighted by molar-refractivity contribution is 5.79. The number of benzene rings is 1. The Kier molecular flexibility index (Phi) is 5.51. The van der Waals surface area contributed by atoms with Crippen molar-refractivity contribution in [1.29, 1.82) is 0 Å². The predicted octanol–water partition coefficient (Wildman–Crippen LogP) is 1.48. The SMILES string of the molecule is CN1CCC[C@H](C(=O)NCc2ccc(N3CCOCC3)cc2)C1. The highest BCUT2D eigenvalue weighted by Gasteiger charge is 2.23. The molecule has 1 aromatic rings. The van der Waals surface area contributed by atoms with Gasteiger partial charge in [-0.25, -0.2) is 0 Å². The van der Waals surface area contributed by atoms with E-state index in [4.69, 9.17) is 4.74 Å². The standard InChI is InChI=1S/C18H27N3O2/c1-20-8-2-3-16(14-20)18(22)19-13-15-4-6-17(7-5-15)21-9-11-23-12-10-21/h4-7,16H,2-3,8-14H2,1H3,(H,19,22)/t16-/m0/s1. The fourth-order valence-corrected chi connectivity index (χ4v) is 3.36. The highest BCUT2D eigenvalue weighted by atomic mass is 16.5. The molecule has 0 unspecified atom stereocenters. The van der Waals surface area contributed by atoms with Crippen LogP contribution in [0.15, 0.2) is 24.3 Å². The second kappa shape index (κ2) is 7.79. The van der Waals surface area contributed by atoms with E-state index in [1.807, 2.05) is 0 Å². The van der Waals surface area contributed by atoms with Crippen LogP contribution in [0.1, 0.15) is 18.4 Å². The van der Waals surface area contributed by atoms with Crippen LogP contribution in [0.3, 0.4) is 0 Å². The number of amides is 1. The number of carbonyl (C=O) groups is 1. The molecule has 0 bridgehead atoms. The zero-order valence-electron chi connectivity index (χ0n) is 14.0. The van der Waals surface area contributed by atoms with Crippen molar-refractivity contribution in [1.82, 2.24) is 10.2 Å². The van der Waals surface area contributed by atoms with Gasteiger partial charge in [0, 0.05) is 31.9 Å². The fraction of sp³-hybridized carbons (Fsp3) is 0.611. The van der Waals surface area contributed by atoms with E-state index in [0.29, 0.717) is 6.54 Å². The third-order valence-corrected chi connectivity index (χ3v) is 4.77. The smallest absolute Gasteiger partial charge is 0.224 e. The van der Waals surface area contributed by atoms with Crippen molar-refractivity contribution >= 4 is 11.6 Å². The van der Waals surface area contributed by atoms with Gasteiger partial charge in [-0.15, -0.1) is 0 Å². The molecule has 2 aliphatic heterocycles. The third-order valence-electron chi connectivity index (χ3n) is 4.77. The van der Waals surface area contributed by atoms with Crippen molar-refractivity contribution in [3.05, 3.63) is 29.8 Å². The van der Waals surface area contributed by atoms with E-state index < -0.39 is 0 Å². The van der Waals surface area contributed by atoms with E-state index in [1.54, 1.807) is 0 Å². The Bertz CT molecular complexity index is 512. The predicted molar refractivity (Wildman–Crippen MR) is 91.5 cm³/mol. The number of morpholine rings is 1. The molecule has 5 heteroatoms. The maximum absolute atomic E-state index is 12.3. The molecule has 2 saturated heterocycles. The second-order valence-corrected chi connectivity index (χ2v) is 6.59. The number of piperidine rings is 1. The van der Waals surface area contributed by atoms with Gasteiger partial charge in [0.1, 0.15) is 0 Å². The van der Waals surface area contributed by atoms with Crippen molar-refractivity contribution < 1.29 is 9.53 Å². The van der Waals surface area contributed by atoms with Crippen LogP contribution < -0.4 is 10.2 Å². The van der Waals surface area contributed by atoms with Crippen molar-refractivity contribution in [3.8, 4) is 0 Å². The minimum Gasteiger partial charge on any atom is -0.378 e. The van der Waals surface area contributed by atoms with Crippen LogP contribution in [0.5, 0.6) is 0 Å². The molecule has 0 radical (unpaired) electrons. The van der Waals surface area contributed by atoms with Crippen LogP contribution in [0.25, 0.3) is 0 Å².